The molecular weight excluding hydrogens is 360 g/mol. The summed E-state index contributed by atoms with van der Waals surface area (Å²) in [4.78, 5) is 35.6. The molecule has 0 heterocycles. The minimum absolute atomic E-state index is 0.200. The van der Waals surface area contributed by atoms with Gasteiger partial charge in [0.25, 0.3) is 0 Å². The third-order valence-corrected chi connectivity index (χ3v) is 3.57. The Kier molecular flexibility index (Phi) is 6.15. The Bertz CT molecular complexity index is 1030. The first-order valence-electron chi connectivity index (χ1n) is 8.30. The first-order chi connectivity index (χ1) is 13.1. The molecular formula is C22H20O6. The van der Waals surface area contributed by atoms with Gasteiger partial charge in [0.2, 0.25) is 0 Å². The van der Waals surface area contributed by atoms with E-state index in [9.17, 15) is 14.4 Å². The minimum atomic E-state index is -0.614. The van der Waals surface area contributed by atoms with Crippen LogP contribution in [0, 0.1) is 0 Å². The first kappa shape index (κ1) is 20.6. The molecule has 0 unspecified atom stereocenters. The number of hydrogen-bond acceptors (Lipinski definition) is 6. The van der Waals surface area contributed by atoms with Crippen LogP contribution in [0.1, 0.15) is 20.8 Å². The molecule has 0 saturated carbocycles. The molecule has 6 heteroatoms. The van der Waals surface area contributed by atoms with Crippen LogP contribution in [0.2, 0.25) is 0 Å². The maximum Gasteiger partial charge on any atom is 0.338 e. The molecule has 0 aliphatic heterocycles. The van der Waals surface area contributed by atoms with Crippen molar-refractivity contribution in [2.75, 3.05) is 0 Å². The number of fused-ring (bicyclic) bond motifs is 1. The van der Waals surface area contributed by atoms with Crippen molar-refractivity contribution in [3.05, 3.63) is 66.8 Å². The number of carbonyl (C=O) groups excluding carboxylic acids is 3. The summed E-state index contributed by atoms with van der Waals surface area (Å²) >= 11 is 0. The minimum Gasteiger partial charge on any atom is -0.423 e. The van der Waals surface area contributed by atoms with E-state index in [4.69, 9.17) is 14.2 Å². The molecule has 0 aliphatic carbocycles. The van der Waals surface area contributed by atoms with Crippen LogP contribution < -0.4 is 14.2 Å². The predicted molar refractivity (Wildman–Crippen MR) is 105 cm³/mol. The van der Waals surface area contributed by atoms with Crippen molar-refractivity contribution >= 4 is 28.7 Å². The predicted octanol–water partition coefficient (Wildman–Crippen LogP) is 4.28. The van der Waals surface area contributed by atoms with Gasteiger partial charge in [-0.05, 0) is 51.1 Å². The molecule has 0 N–H and O–H groups in total. The molecule has 2 aromatic carbocycles. The Labute approximate surface area is 162 Å². The van der Waals surface area contributed by atoms with Crippen molar-refractivity contribution in [2.24, 2.45) is 0 Å². The Hall–Kier alpha value is -3.67. The van der Waals surface area contributed by atoms with Gasteiger partial charge in [0.1, 0.15) is 17.2 Å². The summed E-state index contributed by atoms with van der Waals surface area (Å²) in [5, 5.41) is 0.894. The van der Waals surface area contributed by atoms with Crippen molar-refractivity contribution in [1.82, 2.24) is 0 Å². The summed E-state index contributed by atoms with van der Waals surface area (Å²) in [6.07, 6.45) is 0. The van der Waals surface area contributed by atoms with E-state index in [1.54, 1.807) is 6.07 Å². The van der Waals surface area contributed by atoms with Crippen molar-refractivity contribution < 1.29 is 28.6 Å². The zero-order chi connectivity index (χ0) is 21.0. The Morgan fingerprint density at radius 3 is 1.54 bits per heavy atom. The molecule has 0 aromatic heterocycles. The van der Waals surface area contributed by atoms with Gasteiger partial charge in [0.15, 0.2) is 0 Å². The summed E-state index contributed by atoms with van der Waals surface area (Å²) in [6, 6.07) is 7.62. The Morgan fingerprint density at radius 1 is 0.643 bits per heavy atom. The molecule has 0 atom stereocenters. The van der Waals surface area contributed by atoms with Crippen molar-refractivity contribution in [3.63, 3.8) is 0 Å². The van der Waals surface area contributed by atoms with Gasteiger partial charge in [-0.2, -0.15) is 0 Å². The highest BCUT2D eigenvalue weighted by molar-refractivity contribution is 6.00. The molecule has 144 valence electrons. The van der Waals surface area contributed by atoms with E-state index in [0.29, 0.717) is 10.8 Å². The van der Waals surface area contributed by atoms with E-state index < -0.39 is 17.9 Å². The van der Waals surface area contributed by atoms with Crippen LogP contribution in [0.5, 0.6) is 17.2 Å². The largest absolute Gasteiger partial charge is 0.423 e. The maximum absolute atomic E-state index is 11.9. The van der Waals surface area contributed by atoms with Crippen molar-refractivity contribution in [3.8, 4) is 17.2 Å². The zero-order valence-electron chi connectivity index (χ0n) is 16.0. The lowest BCUT2D eigenvalue weighted by molar-refractivity contribution is -0.131. The monoisotopic (exact) mass is 380 g/mol. The second-order valence-electron chi connectivity index (χ2n) is 6.28. The third-order valence-electron chi connectivity index (χ3n) is 3.57. The van der Waals surface area contributed by atoms with Crippen LogP contribution in [0.4, 0.5) is 0 Å². The van der Waals surface area contributed by atoms with Gasteiger partial charge >= 0.3 is 17.9 Å². The molecule has 28 heavy (non-hydrogen) atoms. The highest BCUT2D eigenvalue weighted by atomic mass is 16.5. The topological polar surface area (TPSA) is 78.9 Å². The Balaban J connectivity index is 2.57. The highest BCUT2D eigenvalue weighted by Crippen LogP contribution is 2.36. The summed E-state index contributed by atoms with van der Waals surface area (Å²) in [6.45, 7) is 15.2. The molecule has 2 aromatic rings. The molecule has 6 nitrogen and oxygen atoms in total. The second-order valence-corrected chi connectivity index (χ2v) is 6.28. The van der Waals surface area contributed by atoms with Gasteiger partial charge in [-0.15, -0.1) is 0 Å². The first-order valence-corrected chi connectivity index (χ1v) is 8.30. The van der Waals surface area contributed by atoms with E-state index in [1.807, 2.05) is 0 Å². The van der Waals surface area contributed by atoms with Gasteiger partial charge < -0.3 is 14.2 Å². The molecule has 0 amide bonds. The van der Waals surface area contributed by atoms with Gasteiger partial charge in [0.05, 0.1) is 0 Å². The normalized spacial score (nSPS) is 10.1. The number of carbonyl (C=O) groups is 3. The van der Waals surface area contributed by atoms with Crippen LogP contribution in [0.3, 0.4) is 0 Å². The summed E-state index contributed by atoms with van der Waals surface area (Å²) < 4.78 is 15.9. The fourth-order valence-electron chi connectivity index (χ4n) is 2.08. The average Bonchev–Trinajstić information content (AvgIpc) is 2.63. The fraction of sp³-hybridized carbons (Fsp3) is 0.136. The van der Waals surface area contributed by atoms with Crippen LogP contribution in [-0.2, 0) is 14.4 Å². The van der Waals surface area contributed by atoms with Crippen LogP contribution in [0.15, 0.2) is 66.8 Å². The highest BCUT2D eigenvalue weighted by Gasteiger charge is 2.16. The maximum atomic E-state index is 11.9. The smallest absolute Gasteiger partial charge is 0.338 e. The van der Waals surface area contributed by atoms with Crippen LogP contribution in [-0.4, -0.2) is 17.9 Å². The lowest BCUT2D eigenvalue weighted by Gasteiger charge is -2.13. The number of benzene rings is 2. The summed E-state index contributed by atoms with van der Waals surface area (Å²) in [7, 11) is 0. The standard InChI is InChI=1S/C22H20O6/c1-12(2)20(23)26-15-7-8-16-17(11-15)19(28-22(25)14(5)6)10-9-18(16)27-21(24)13(3)4/h7-11H,1,3,5H2,2,4,6H3. The zero-order valence-corrected chi connectivity index (χ0v) is 16.0. The van der Waals surface area contributed by atoms with E-state index in [-0.39, 0.29) is 34.0 Å². The van der Waals surface area contributed by atoms with E-state index in [0.717, 1.165) is 0 Å². The van der Waals surface area contributed by atoms with E-state index in [2.05, 4.69) is 19.7 Å². The van der Waals surface area contributed by atoms with Gasteiger partial charge in [0, 0.05) is 27.5 Å². The van der Waals surface area contributed by atoms with Gasteiger partial charge in [-0.3, -0.25) is 0 Å². The van der Waals surface area contributed by atoms with Gasteiger partial charge in [-0.1, -0.05) is 19.7 Å². The number of rotatable bonds is 6. The molecule has 0 saturated heterocycles. The van der Waals surface area contributed by atoms with Gasteiger partial charge in [-0.25, -0.2) is 14.4 Å². The lowest BCUT2D eigenvalue weighted by atomic mass is 10.1. The number of hydrogen-bond donors (Lipinski definition) is 0. The molecule has 0 bridgehead atoms. The van der Waals surface area contributed by atoms with E-state index >= 15 is 0 Å². The third kappa shape index (κ3) is 4.73. The summed E-state index contributed by atoms with van der Waals surface area (Å²) in [5.41, 5.74) is 0.687. The molecule has 0 radical (unpaired) electrons. The van der Waals surface area contributed by atoms with Crippen molar-refractivity contribution in [1.29, 1.82) is 0 Å². The average molecular weight is 380 g/mol. The van der Waals surface area contributed by atoms with E-state index in [1.165, 1.54) is 45.0 Å². The second kappa shape index (κ2) is 8.35. The Morgan fingerprint density at radius 2 is 1.07 bits per heavy atom. The molecule has 0 fully saturated rings. The quantitative estimate of drug-likeness (QED) is 0.423. The number of ether oxygens (including phenoxy) is 3. The lowest BCUT2D eigenvalue weighted by Crippen LogP contribution is -2.11. The van der Waals surface area contributed by atoms with Crippen molar-refractivity contribution in [2.45, 2.75) is 20.8 Å². The molecule has 0 spiro atoms. The van der Waals surface area contributed by atoms with Crippen LogP contribution >= 0.6 is 0 Å². The number of esters is 3. The summed E-state index contributed by atoms with van der Waals surface area (Å²) in [5.74, 6) is -1.13. The SMILES string of the molecule is C=C(C)C(=O)Oc1ccc2c(OC(=O)C(=C)C)ccc(OC(=O)C(=C)C)c2c1. The van der Waals surface area contributed by atoms with Crippen LogP contribution in [0.25, 0.3) is 10.8 Å². The molecule has 0 aliphatic rings. The fourth-order valence-corrected chi connectivity index (χ4v) is 2.08. The molecule has 2 rings (SSSR count).